The molecule has 0 radical (unpaired) electrons. The smallest absolute Gasteiger partial charge is 0.229 e. The molecule has 194 valence electrons. The average Bonchev–Trinajstić information content (AvgIpc) is 2.93. The van der Waals surface area contributed by atoms with Crippen LogP contribution < -0.4 is 14.5 Å². The lowest BCUT2D eigenvalue weighted by molar-refractivity contribution is -0.00570. The second-order valence-electron chi connectivity index (χ2n) is 10.2. The topological polar surface area (TPSA) is 72.8 Å². The summed E-state index contributed by atoms with van der Waals surface area (Å²) in [6, 6.07) is 12.4. The first kappa shape index (κ1) is 24.1. The number of morpholine rings is 2. The van der Waals surface area contributed by atoms with E-state index >= 15 is 0 Å². The quantitative estimate of drug-likeness (QED) is 0.469. The summed E-state index contributed by atoms with van der Waals surface area (Å²) in [5, 5.41) is 0.967. The van der Waals surface area contributed by atoms with Gasteiger partial charge in [0.05, 0.1) is 36.5 Å². The number of ether oxygens (including phenoxy) is 3. The van der Waals surface area contributed by atoms with E-state index in [1.54, 1.807) is 0 Å². The van der Waals surface area contributed by atoms with E-state index in [9.17, 15) is 0 Å². The van der Waals surface area contributed by atoms with Crippen molar-refractivity contribution < 1.29 is 14.2 Å². The van der Waals surface area contributed by atoms with Crippen molar-refractivity contribution in [3.8, 4) is 17.0 Å². The van der Waals surface area contributed by atoms with E-state index in [2.05, 4.69) is 60.1 Å². The van der Waals surface area contributed by atoms with E-state index in [1.807, 2.05) is 12.1 Å². The van der Waals surface area contributed by atoms with E-state index in [1.165, 1.54) is 0 Å². The van der Waals surface area contributed by atoms with Crippen molar-refractivity contribution in [2.45, 2.75) is 51.4 Å². The summed E-state index contributed by atoms with van der Waals surface area (Å²) in [5.41, 5.74) is 2.64. The zero-order valence-electron chi connectivity index (χ0n) is 21.7. The van der Waals surface area contributed by atoms with Crippen LogP contribution in [0.4, 0.5) is 11.8 Å². The summed E-state index contributed by atoms with van der Waals surface area (Å²) in [6.07, 6.45) is 8.08. The van der Waals surface area contributed by atoms with Crippen LogP contribution in [0.25, 0.3) is 22.3 Å². The standard InChI is InChI=1S/C29H35N5O3/c1-20-18-34(19-21(2)36-20)29-31-27-25(28(32-29)33-14-16-35-17-15-33)12-13-26(30-27)22-8-10-24(11-9-22)37-23-6-4-3-5-7-23/h3-4,8-13,20-21,23H,5-7,14-19H2,1-2H3. The first-order chi connectivity index (χ1) is 18.1. The minimum absolute atomic E-state index is 0.125. The number of fused-ring (bicyclic) bond motifs is 1. The van der Waals surface area contributed by atoms with Gasteiger partial charge in [0.2, 0.25) is 5.95 Å². The third-order valence-electron chi connectivity index (χ3n) is 7.21. The van der Waals surface area contributed by atoms with Crippen LogP contribution in [0.5, 0.6) is 5.75 Å². The summed E-state index contributed by atoms with van der Waals surface area (Å²) < 4.78 is 17.7. The van der Waals surface area contributed by atoms with Gasteiger partial charge in [0.25, 0.3) is 0 Å². The van der Waals surface area contributed by atoms with Gasteiger partial charge in [-0.25, -0.2) is 4.98 Å². The third kappa shape index (κ3) is 5.40. The van der Waals surface area contributed by atoms with Crippen LogP contribution in [0.2, 0.25) is 0 Å². The van der Waals surface area contributed by atoms with Crippen molar-refractivity contribution in [2.24, 2.45) is 0 Å². The number of hydrogen-bond acceptors (Lipinski definition) is 8. The molecule has 1 aromatic carbocycles. The Hall–Kier alpha value is -3.23. The first-order valence-corrected chi connectivity index (χ1v) is 13.5. The Bertz CT molecular complexity index is 1250. The fraction of sp³-hybridized carbons (Fsp3) is 0.483. The Labute approximate surface area is 218 Å². The molecule has 1 aliphatic carbocycles. The molecule has 3 aliphatic rings. The summed E-state index contributed by atoms with van der Waals surface area (Å²) >= 11 is 0. The van der Waals surface area contributed by atoms with Crippen molar-refractivity contribution in [1.29, 1.82) is 0 Å². The molecule has 8 heteroatoms. The number of benzene rings is 1. The Kier molecular flexibility index (Phi) is 6.93. The van der Waals surface area contributed by atoms with Crippen LogP contribution in [-0.2, 0) is 9.47 Å². The van der Waals surface area contributed by atoms with Crippen LogP contribution in [0, 0.1) is 0 Å². The molecule has 2 fully saturated rings. The predicted molar refractivity (Wildman–Crippen MR) is 145 cm³/mol. The van der Waals surface area contributed by atoms with E-state index < -0.39 is 0 Å². The van der Waals surface area contributed by atoms with Gasteiger partial charge in [-0.2, -0.15) is 9.97 Å². The Morgan fingerprint density at radius 3 is 2.38 bits per heavy atom. The monoisotopic (exact) mass is 501 g/mol. The van der Waals surface area contributed by atoms with Gasteiger partial charge < -0.3 is 24.0 Å². The Morgan fingerprint density at radius 1 is 0.865 bits per heavy atom. The maximum atomic E-state index is 6.18. The summed E-state index contributed by atoms with van der Waals surface area (Å²) in [5.74, 6) is 2.55. The van der Waals surface area contributed by atoms with E-state index in [-0.39, 0.29) is 18.3 Å². The van der Waals surface area contributed by atoms with Gasteiger partial charge in [0.15, 0.2) is 5.65 Å². The van der Waals surface area contributed by atoms with Crippen LogP contribution in [0.3, 0.4) is 0 Å². The highest BCUT2D eigenvalue weighted by Crippen LogP contribution is 2.31. The molecule has 0 N–H and O–H groups in total. The highest BCUT2D eigenvalue weighted by Gasteiger charge is 2.26. The van der Waals surface area contributed by atoms with Crippen molar-refractivity contribution in [1.82, 2.24) is 15.0 Å². The van der Waals surface area contributed by atoms with Crippen molar-refractivity contribution >= 4 is 22.8 Å². The summed E-state index contributed by atoms with van der Waals surface area (Å²) in [6.45, 7) is 8.73. The molecule has 3 atom stereocenters. The Morgan fingerprint density at radius 2 is 1.65 bits per heavy atom. The molecule has 3 unspecified atom stereocenters. The molecule has 3 aromatic rings. The molecule has 0 amide bonds. The highest BCUT2D eigenvalue weighted by atomic mass is 16.5. The molecular formula is C29H35N5O3. The number of anilines is 2. The lowest BCUT2D eigenvalue weighted by atomic mass is 10.0. The number of pyridine rings is 1. The largest absolute Gasteiger partial charge is 0.490 e. The molecule has 2 saturated heterocycles. The SMILES string of the molecule is CC1CN(c2nc(N3CCOCC3)c3ccc(-c4ccc(OC5CC=CCC5)cc4)nc3n2)CC(C)O1. The molecule has 4 heterocycles. The van der Waals surface area contributed by atoms with Crippen molar-refractivity contribution in [2.75, 3.05) is 49.2 Å². The molecule has 2 aliphatic heterocycles. The van der Waals surface area contributed by atoms with Gasteiger partial charge in [0, 0.05) is 38.2 Å². The molecule has 6 rings (SSSR count). The van der Waals surface area contributed by atoms with Gasteiger partial charge >= 0.3 is 0 Å². The van der Waals surface area contributed by atoms with Crippen LogP contribution >= 0.6 is 0 Å². The van der Waals surface area contributed by atoms with E-state index in [0.29, 0.717) is 24.8 Å². The lowest BCUT2D eigenvalue weighted by Crippen LogP contribution is -2.46. The third-order valence-corrected chi connectivity index (χ3v) is 7.21. The molecule has 0 saturated carbocycles. The number of aromatic nitrogens is 3. The maximum Gasteiger partial charge on any atom is 0.229 e. The zero-order chi connectivity index (χ0) is 25.2. The molecular weight excluding hydrogens is 466 g/mol. The van der Waals surface area contributed by atoms with Crippen molar-refractivity contribution in [3.05, 3.63) is 48.6 Å². The van der Waals surface area contributed by atoms with Crippen LogP contribution in [0.1, 0.15) is 33.1 Å². The fourth-order valence-corrected chi connectivity index (χ4v) is 5.41. The average molecular weight is 502 g/mol. The summed E-state index contributed by atoms with van der Waals surface area (Å²) in [7, 11) is 0. The van der Waals surface area contributed by atoms with Crippen LogP contribution in [-0.4, -0.2) is 72.7 Å². The highest BCUT2D eigenvalue weighted by molar-refractivity contribution is 5.90. The first-order valence-electron chi connectivity index (χ1n) is 13.5. The van der Waals surface area contributed by atoms with Gasteiger partial charge in [-0.1, -0.05) is 12.2 Å². The van der Waals surface area contributed by atoms with Gasteiger partial charge in [0.1, 0.15) is 17.7 Å². The zero-order valence-corrected chi connectivity index (χ0v) is 21.7. The van der Waals surface area contributed by atoms with Gasteiger partial charge in [-0.3, -0.25) is 0 Å². The van der Waals surface area contributed by atoms with Crippen molar-refractivity contribution in [3.63, 3.8) is 0 Å². The van der Waals surface area contributed by atoms with E-state index in [4.69, 9.17) is 29.2 Å². The normalized spacial score (nSPS) is 24.4. The molecule has 37 heavy (non-hydrogen) atoms. The minimum Gasteiger partial charge on any atom is -0.490 e. The molecule has 0 bridgehead atoms. The molecule has 8 nitrogen and oxygen atoms in total. The fourth-order valence-electron chi connectivity index (χ4n) is 5.41. The minimum atomic E-state index is 0.125. The lowest BCUT2D eigenvalue weighted by Gasteiger charge is -2.36. The number of nitrogens with zero attached hydrogens (tertiary/aromatic N) is 5. The second kappa shape index (κ2) is 10.6. The number of allylic oxidation sites excluding steroid dienone is 1. The van der Waals surface area contributed by atoms with Gasteiger partial charge in [-0.05, 0) is 63.1 Å². The van der Waals surface area contributed by atoms with E-state index in [0.717, 1.165) is 73.7 Å². The predicted octanol–water partition coefficient (Wildman–Crippen LogP) is 4.63. The number of rotatable bonds is 5. The maximum absolute atomic E-state index is 6.18. The second-order valence-corrected chi connectivity index (χ2v) is 10.2. The Balaban J connectivity index is 1.33. The molecule has 0 spiro atoms. The van der Waals surface area contributed by atoms with Crippen LogP contribution in [0.15, 0.2) is 48.6 Å². The summed E-state index contributed by atoms with van der Waals surface area (Å²) in [4.78, 5) is 19.6. The molecule has 2 aromatic heterocycles. The van der Waals surface area contributed by atoms with Gasteiger partial charge in [-0.15, -0.1) is 0 Å². The number of hydrogen-bond donors (Lipinski definition) is 0.